The topological polar surface area (TPSA) is 68.0 Å². The zero-order valence-corrected chi connectivity index (χ0v) is 10.3. The average Bonchev–Trinajstić information content (AvgIpc) is 2.84. The van der Waals surface area contributed by atoms with Crippen LogP contribution >= 0.6 is 11.3 Å². The van der Waals surface area contributed by atoms with Crippen LogP contribution < -0.4 is 11.1 Å². The Bertz CT molecular complexity index is 383. The SMILES string of the molecule is Cc1nc(N)sc1C(=O)NCC1CCCC1. The normalized spacial score (nSPS) is 16.6. The molecule has 1 amide bonds. The van der Waals surface area contributed by atoms with Gasteiger partial charge in [-0.3, -0.25) is 4.79 Å². The van der Waals surface area contributed by atoms with Crippen molar-refractivity contribution < 1.29 is 4.79 Å². The summed E-state index contributed by atoms with van der Waals surface area (Å²) in [6.45, 7) is 2.60. The van der Waals surface area contributed by atoms with Crippen molar-refractivity contribution in [2.45, 2.75) is 32.6 Å². The number of aromatic nitrogens is 1. The highest BCUT2D eigenvalue weighted by Crippen LogP contribution is 2.24. The van der Waals surface area contributed by atoms with Crippen molar-refractivity contribution in [2.24, 2.45) is 5.92 Å². The smallest absolute Gasteiger partial charge is 0.263 e. The first-order valence-corrected chi connectivity index (χ1v) is 6.49. The second-order valence-corrected chi connectivity index (χ2v) is 5.36. The summed E-state index contributed by atoms with van der Waals surface area (Å²) in [4.78, 5) is 16.5. The van der Waals surface area contributed by atoms with Gasteiger partial charge in [0.2, 0.25) is 0 Å². The van der Waals surface area contributed by atoms with E-state index in [0.29, 0.717) is 15.9 Å². The predicted molar refractivity (Wildman–Crippen MR) is 65.6 cm³/mol. The highest BCUT2D eigenvalue weighted by molar-refractivity contribution is 7.17. The van der Waals surface area contributed by atoms with Gasteiger partial charge >= 0.3 is 0 Å². The van der Waals surface area contributed by atoms with Crippen LogP contribution in [0.5, 0.6) is 0 Å². The van der Waals surface area contributed by atoms with E-state index < -0.39 is 0 Å². The molecule has 1 aromatic heterocycles. The number of nitrogens with one attached hydrogen (secondary N) is 1. The summed E-state index contributed by atoms with van der Waals surface area (Å²) >= 11 is 1.26. The third kappa shape index (κ3) is 2.52. The van der Waals surface area contributed by atoms with E-state index in [1.165, 1.54) is 37.0 Å². The van der Waals surface area contributed by atoms with Gasteiger partial charge < -0.3 is 11.1 Å². The lowest BCUT2D eigenvalue weighted by Gasteiger charge is -2.09. The van der Waals surface area contributed by atoms with Crippen molar-refractivity contribution in [3.63, 3.8) is 0 Å². The minimum atomic E-state index is -0.0291. The maximum Gasteiger partial charge on any atom is 0.263 e. The van der Waals surface area contributed by atoms with Gasteiger partial charge in [0.05, 0.1) is 5.69 Å². The van der Waals surface area contributed by atoms with Gasteiger partial charge in [0.15, 0.2) is 5.13 Å². The van der Waals surface area contributed by atoms with Gasteiger partial charge in [-0.15, -0.1) is 0 Å². The summed E-state index contributed by atoms with van der Waals surface area (Å²) in [5, 5.41) is 3.43. The number of carbonyl (C=O) groups is 1. The van der Waals surface area contributed by atoms with Crippen LogP contribution in [0.25, 0.3) is 0 Å². The van der Waals surface area contributed by atoms with Crippen molar-refractivity contribution in [2.75, 3.05) is 12.3 Å². The van der Waals surface area contributed by atoms with Gasteiger partial charge in [-0.05, 0) is 25.7 Å². The number of aryl methyl sites for hydroxylation is 1. The average molecular weight is 239 g/mol. The number of nitrogens with zero attached hydrogens (tertiary/aromatic N) is 1. The first kappa shape index (κ1) is 11.4. The maximum atomic E-state index is 11.8. The molecule has 1 saturated carbocycles. The molecule has 16 heavy (non-hydrogen) atoms. The molecule has 1 aliphatic carbocycles. The van der Waals surface area contributed by atoms with Gasteiger partial charge in [0.1, 0.15) is 4.88 Å². The number of nitrogen functional groups attached to an aromatic ring is 1. The number of rotatable bonds is 3. The molecule has 0 bridgehead atoms. The summed E-state index contributed by atoms with van der Waals surface area (Å²) in [5.74, 6) is 0.633. The van der Waals surface area contributed by atoms with E-state index in [-0.39, 0.29) is 5.91 Å². The first-order valence-electron chi connectivity index (χ1n) is 5.68. The Morgan fingerprint density at radius 2 is 2.25 bits per heavy atom. The van der Waals surface area contributed by atoms with Gasteiger partial charge in [0.25, 0.3) is 5.91 Å². The lowest BCUT2D eigenvalue weighted by Crippen LogP contribution is -2.28. The van der Waals surface area contributed by atoms with Crippen LogP contribution in [0.2, 0.25) is 0 Å². The monoisotopic (exact) mass is 239 g/mol. The van der Waals surface area contributed by atoms with Crippen LogP contribution in [-0.2, 0) is 0 Å². The number of anilines is 1. The standard InChI is InChI=1S/C11H17N3OS/c1-7-9(16-11(12)14-7)10(15)13-6-8-4-2-3-5-8/h8H,2-6H2,1H3,(H2,12,14)(H,13,15). The molecule has 3 N–H and O–H groups in total. The summed E-state index contributed by atoms with van der Waals surface area (Å²) in [6.07, 6.45) is 5.08. The molecular formula is C11H17N3OS. The van der Waals surface area contributed by atoms with Crippen LogP contribution in [0.3, 0.4) is 0 Å². The Morgan fingerprint density at radius 1 is 1.56 bits per heavy atom. The molecule has 1 heterocycles. The Kier molecular flexibility index (Phi) is 3.43. The highest BCUT2D eigenvalue weighted by Gasteiger charge is 2.18. The molecule has 0 spiro atoms. The fourth-order valence-electron chi connectivity index (χ4n) is 2.16. The zero-order chi connectivity index (χ0) is 11.5. The number of carbonyl (C=O) groups excluding carboxylic acids is 1. The molecule has 5 heteroatoms. The molecule has 2 rings (SSSR count). The summed E-state index contributed by atoms with van der Waals surface area (Å²) in [6, 6.07) is 0. The van der Waals surface area contributed by atoms with E-state index in [1.54, 1.807) is 0 Å². The highest BCUT2D eigenvalue weighted by atomic mass is 32.1. The maximum absolute atomic E-state index is 11.8. The van der Waals surface area contributed by atoms with Gasteiger partial charge in [0, 0.05) is 6.54 Å². The van der Waals surface area contributed by atoms with E-state index >= 15 is 0 Å². The molecule has 88 valence electrons. The summed E-state index contributed by atoms with van der Waals surface area (Å²) in [5.41, 5.74) is 6.29. The van der Waals surface area contributed by atoms with Gasteiger partial charge in [-0.2, -0.15) is 0 Å². The zero-order valence-electron chi connectivity index (χ0n) is 9.45. The largest absolute Gasteiger partial charge is 0.375 e. The number of thiazole rings is 1. The molecule has 0 atom stereocenters. The lowest BCUT2D eigenvalue weighted by atomic mass is 10.1. The molecule has 0 unspecified atom stereocenters. The second-order valence-electron chi connectivity index (χ2n) is 4.33. The second kappa shape index (κ2) is 4.82. The molecule has 0 aliphatic heterocycles. The number of amides is 1. The Labute approximate surface area is 99.3 Å². The van der Waals surface area contributed by atoms with Crippen molar-refractivity contribution in [3.05, 3.63) is 10.6 Å². The van der Waals surface area contributed by atoms with Crippen molar-refractivity contribution in [1.29, 1.82) is 0 Å². The van der Waals surface area contributed by atoms with Gasteiger partial charge in [-0.1, -0.05) is 24.2 Å². The van der Waals surface area contributed by atoms with E-state index in [4.69, 9.17) is 5.73 Å². The van der Waals surface area contributed by atoms with Gasteiger partial charge in [-0.25, -0.2) is 4.98 Å². The Hall–Kier alpha value is -1.10. The fraction of sp³-hybridized carbons (Fsp3) is 0.636. The first-order chi connectivity index (χ1) is 7.66. The van der Waals surface area contributed by atoms with Crippen molar-refractivity contribution in [3.8, 4) is 0 Å². The van der Waals surface area contributed by atoms with E-state index in [2.05, 4.69) is 10.3 Å². The number of hydrogen-bond acceptors (Lipinski definition) is 4. The van der Waals surface area contributed by atoms with Crippen molar-refractivity contribution in [1.82, 2.24) is 10.3 Å². The Morgan fingerprint density at radius 3 is 2.81 bits per heavy atom. The lowest BCUT2D eigenvalue weighted by molar-refractivity contribution is 0.0950. The molecule has 0 radical (unpaired) electrons. The minimum absolute atomic E-state index is 0.0291. The molecule has 4 nitrogen and oxygen atoms in total. The minimum Gasteiger partial charge on any atom is -0.375 e. The molecule has 1 fully saturated rings. The van der Waals surface area contributed by atoms with Crippen LogP contribution in [-0.4, -0.2) is 17.4 Å². The van der Waals surface area contributed by atoms with Crippen molar-refractivity contribution >= 4 is 22.4 Å². The fourth-order valence-corrected chi connectivity index (χ4v) is 2.91. The molecule has 0 saturated heterocycles. The van der Waals surface area contributed by atoms with Crippen LogP contribution in [0, 0.1) is 12.8 Å². The third-order valence-electron chi connectivity index (χ3n) is 3.05. The van der Waals surface area contributed by atoms with E-state index in [1.807, 2.05) is 6.92 Å². The summed E-state index contributed by atoms with van der Waals surface area (Å²) < 4.78 is 0. The molecule has 0 aromatic carbocycles. The van der Waals surface area contributed by atoms with Crippen LogP contribution in [0.15, 0.2) is 0 Å². The predicted octanol–water partition coefficient (Wildman–Crippen LogP) is 1.95. The van der Waals surface area contributed by atoms with E-state index in [0.717, 1.165) is 12.2 Å². The van der Waals surface area contributed by atoms with Crippen LogP contribution in [0.4, 0.5) is 5.13 Å². The molecule has 1 aliphatic rings. The summed E-state index contributed by atoms with van der Waals surface area (Å²) in [7, 11) is 0. The quantitative estimate of drug-likeness (QED) is 0.847. The molecular weight excluding hydrogens is 222 g/mol. The number of hydrogen-bond donors (Lipinski definition) is 2. The third-order valence-corrected chi connectivity index (χ3v) is 4.03. The molecule has 1 aromatic rings. The Balaban J connectivity index is 1.90. The van der Waals surface area contributed by atoms with Crippen LogP contribution in [0.1, 0.15) is 41.0 Å². The van der Waals surface area contributed by atoms with E-state index in [9.17, 15) is 4.79 Å². The number of nitrogens with two attached hydrogens (primary N) is 1.